The monoisotopic (exact) mass is 221 g/mol. The lowest BCUT2D eigenvalue weighted by molar-refractivity contribution is 0.881. The van der Waals surface area contributed by atoms with Gasteiger partial charge >= 0.3 is 0 Å². The van der Waals surface area contributed by atoms with Crippen LogP contribution in [0, 0.1) is 0 Å². The third kappa shape index (κ3) is 1.95. The number of aromatic nitrogens is 3. The van der Waals surface area contributed by atoms with Crippen molar-refractivity contribution in [2.75, 3.05) is 0 Å². The molecule has 0 radical (unpaired) electrons. The quantitative estimate of drug-likeness (QED) is 0.666. The standard InChI is InChI=1S/C14H11N3/c1-4-12(13-5-2-7-15-11-13)10-14(6-1)17-9-3-8-16-17/h1-11H. The molecule has 82 valence electrons. The lowest BCUT2D eigenvalue weighted by Gasteiger charge is -2.05. The number of rotatable bonds is 2. The van der Waals surface area contributed by atoms with E-state index < -0.39 is 0 Å². The first-order valence-electron chi connectivity index (χ1n) is 5.44. The van der Waals surface area contributed by atoms with Crippen LogP contribution in [0.2, 0.25) is 0 Å². The van der Waals surface area contributed by atoms with Crippen molar-refractivity contribution in [3.63, 3.8) is 0 Å². The number of hydrogen-bond donors (Lipinski definition) is 0. The first-order chi connectivity index (χ1) is 8.43. The van der Waals surface area contributed by atoms with Crippen molar-refractivity contribution in [1.82, 2.24) is 14.8 Å². The topological polar surface area (TPSA) is 30.7 Å². The Hall–Kier alpha value is -2.42. The molecule has 0 spiro atoms. The van der Waals surface area contributed by atoms with Crippen LogP contribution in [0.4, 0.5) is 0 Å². The summed E-state index contributed by atoms with van der Waals surface area (Å²) in [6, 6.07) is 14.1. The molecule has 0 bridgehead atoms. The molecule has 3 heteroatoms. The predicted octanol–water partition coefficient (Wildman–Crippen LogP) is 2.93. The van der Waals surface area contributed by atoms with Gasteiger partial charge in [0.1, 0.15) is 0 Å². The smallest absolute Gasteiger partial charge is 0.0651 e. The van der Waals surface area contributed by atoms with E-state index in [1.807, 2.05) is 41.3 Å². The van der Waals surface area contributed by atoms with Gasteiger partial charge in [0.05, 0.1) is 5.69 Å². The van der Waals surface area contributed by atoms with Crippen molar-refractivity contribution in [3.05, 3.63) is 67.3 Å². The van der Waals surface area contributed by atoms with Gasteiger partial charge in [-0.2, -0.15) is 5.10 Å². The molecule has 2 aromatic heterocycles. The van der Waals surface area contributed by atoms with Crippen LogP contribution in [0.5, 0.6) is 0 Å². The largest absolute Gasteiger partial charge is 0.264 e. The average molecular weight is 221 g/mol. The lowest BCUT2D eigenvalue weighted by atomic mass is 10.1. The van der Waals surface area contributed by atoms with Crippen LogP contribution in [-0.2, 0) is 0 Å². The molecular formula is C14H11N3. The van der Waals surface area contributed by atoms with Gasteiger partial charge in [-0.15, -0.1) is 0 Å². The Morgan fingerprint density at radius 3 is 2.59 bits per heavy atom. The Balaban J connectivity index is 2.06. The van der Waals surface area contributed by atoms with Gasteiger partial charge < -0.3 is 0 Å². The summed E-state index contributed by atoms with van der Waals surface area (Å²) in [7, 11) is 0. The maximum Gasteiger partial charge on any atom is 0.0651 e. The fourth-order valence-corrected chi connectivity index (χ4v) is 1.78. The molecule has 0 saturated carbocycles. The van der Waals surface area contributed by atoms with Crippen molar-refractivity contribution in [2.45, 2.75) is 0 Å². The second-order valence-corrected chi connectivity index (χ2v) is 3.74. The van der Waals surface area contributed by atoms with Crippen molar-refractivity contribution in [3.8, 4) is 16.8 Å². The number of pyridine rings is 1. The summed E-state index contributed by atoms with van der Waals surface area (Å²) >= 11 is 0. The van der Waals surface area contributed by atoms with E-state index in [0.717, 1.165) is 16.8 Å². The van der Waals surface area contributed by atoms with Gasteiger partial charge in [-0.3, -0.25) is 4.98 Å². The zero-order valence-electron chi connectivity index (χ0n) is 9.19. The third-order valence-corrected chi connectivity index (χ3v) is 2.61. The third-order valence-electron chi connectivity index (χ3n) is 2.61. The van der Waals surface area contributed by atoms with Crippen molar-refractivity contribution >= 4 is 0 Å². The highest BCUT2D eigenvalue weighted by atomic mass is 15.3. The summed E-state index contributed by atoms with van der Waals surface area (Å²) in [5.74, 6) is 0. The molecule has 0 unspecified atom stereocenters. The Morgan fingerprint density at radius 2 is 1.82 bits per heavy atom. The van der Waals surface area contributed by atoms with E-state index in [0.29, 0.717) is 0 Å². The molecule has 17 heavy (non-hydrogen) atoms. The molecule has 1 aromatic carbocycles. The van der Waals surface area contributed by atoms with E-state index in [1.165, 1.54) is 0 Å². The Labute approximate surface area is 99.4 Å². The summed E-state index contributed by atoms with van der Waals surface area (Å²) in [6.45, 7) is 0. The summed E-state index contributed by atoms with van der Waals surface area (Å²) in [6.07, 6.45) is 7.35. The summed E-state index contributed by atoms with van der Waals surface area (Å²) in [5.41, 5.74) is 3.31. The van der Waals surface area contributed by atoms with E-state index in [-0.39, 0.29) is 0 Å². The van der Waals surface area contributed by atoms with E-state index in [9.17, 15) is 0 Å². The zero-order chi connectivity index (χ0) is 11.5. The van der Waals surface area contributed by atoms with Gasteiger partial charge in [0.25, 0.3) is 0 Å². The molecule has 0 aliphatic rings. The Kier molecular flexibility index (Phi) is 2.43. The van der Waals surface area contributed by atoms with Gasteiger partial charge in [0.15, 0.2) is 0 Å². The second kappa shape index (κ2) is 4.22. The predicted molar refractivity (Wildman–Crippen MR) is 66.8 cm³/mol. The molecule has 3 rings (SSSR count). The lowest BCUT2D eigenvalue weighted by Crippen LogP contribution is -1.93. The van der Waals surface area contributed by atoms with Crippen LogP contribution in [-0.4, -0.2) is 14.8 Å². The number of benzene rings is 1. The fraction of sp³-hybridized carbons (Fsp3) is 0. The highest BCUT2D eigenvalue weighted by Gasteiger charge is 2.00. The van der Waals surface area contributed by atoms with E-state index in [4.69, 9.17) is 0 Å². The molecule has 0 amide bonds. The minimum absolute atomic E-state index is 1.05. The first kappa shape index (κ1) is 9.78. The highest BCUT2D eigenvalue weighted by Crippen LogP contribution is 2.20. The summed E-state index contributed by atoms with van der Waals surface area (Å²) < 4.78 is 1.85. The van der Waals surface area contributed by atoms with E-state index >= 15 is 0 Å². The molecule has 0 atom stereocenters. The van der Waals surface area contributed by atoms with Crippen LogP contribution >= 0.6 is 0 Å². The Bertz CT molecular complexity index is 600. The van der Waals surface area contributed by atoms with E-state index in [2.05, 4.69) is 28.3 Å². The number of hydrogen-bond acceptors (Lipinski definition) is 2. The summed E-state index contributed by atoms with van der Waals surface area (Å²) in [5, 5.41) is 4.22. The van der Waals surface area contributed by atoms with Crippen LogP contribution in [0.3, 0.4) is 0 Å². The normalized spacial score (nSPS) is 10.4. The first-order valence-corrected chi connectivity index (χ1v) is 5.44. The second-order valence-electron chi connectivity index (χ2n) is 3.74. The van der Waals surface area contributed by atoms with Crippen LogP contribution in [0.15, 0.2) is 67.3 Å². The molecular weight excluding hydrogens is 210 g/mol. The Morgan fingerprint density at radius 1 is 0.882 bits per heavy atom. The molecule has 0 aliphatic carbocycles. The molecule has 3 aromatic rings. The molecule has 0 fully saturated rings. The van der Waals surface area contributed by atoms with Crippen LogP contribution in [0.1, 0.15) is 0 Å². The van der Waals surface area contributed by atoms with Gasteiger partial charge in [0, 0.05) is 30.4 Å². The molecule has 0 saturated heterocycles. The number of nitrogens with zero attached hydrogens (tertiary/aromatic N) is 3. The zero-order valence-corrected chi connectivity index (χ0v) is 9.19. The highest BCUT2D eigenvalue weighted by molar-refractivity contribution is 5.64. The van der Waals surface area contributed by atoms with Crippen LogP contribution in [0.25, 0.3) is 16.8 Å². The maximum absolute atomic E-state index is 4.22. The minimum atomic E-state index is 1.05. The fourth-order valence-electron chi connectivity index (χ4n) is 1.78. The molecule has 0 N–H and O–H groups in total. The van der Waals surface area contributed by atoms with Crippen LogP contribution < -0.4 is 0 Å². The summed E-state index contributed by atoms with van der Waals surface area (Å²) in [4.78, 5) is 4.13. The van der Waals surface area contributed by atoms with Gasteiger partial charge in [-0.1, -0.05) is 18.2 Å². The van der Waals surface area contributed by atoms with Crippen molar-refractivity contribution in [2.24, 2.45) is 0 Å². The van der Waals surface area contributed by atoms with Gasteiger partial charge in [-0.05, 0) is 29.8 Å². The minimum Gasteiger partial charge on any atom is -0.264 e. The molecule has 0 aliphatic heterocycles. The van der Waals surface area contributed by atoms with Gasteiger partial charge in [0.2, 0.25) is 0 Å². The average Bonchev–Trinajstić information content (AvgIpc) is 2.94. The molecule has 2 heterocycles. The van der Waals surface area contributed by atoms with Crippen molar-refractivity contribution < 1.29 is 0 Å². The molecule has 3 nitrogen and oxygen atoms in total. The maximum atomic E-state index is 4.22. The van der Waals surface area contributed by atoms with E-state index in [1.54, 1.807) is 12.4 Å². The SMILES string of the molecule is c1cncc(-c2cccc(-n3cccn3)c2)c1. The van der Waals surface area contributed by atoms with Crippen molar-refractivity contribution in [1.29, 1.82) is 0 Å². The van der Waals surface area contributed by atoms with Gasteiger partial charge in [-0.25, -0.2) is 4.68 Å².